The van der Waals surface area contributed by atoms with Gasteiger partial charge in [-0.2, -0.15) is 0 Å². The van der Waals surface area contributed by atoms with Crippen LogP contribution >= 0.6 is 11.3 Å². The van der Waals surface area contributed by atoms with E-state index in [1.54, 1.807) is 18.3 Å². The summed E-state index contributed by atoms with van der Waals surface area (Å²) in [5.41, 5.74) is 2.01. The Bertz CT molecular complexity index is 467. The summed E-state index contributed by atoms with van der Waals surface area (Å²) in [6, 6.07) is 0. The lowest BCUT2D eigenvalue weighted by Crippen LogP contribution is -2.27. The zero-order valence-corrected chi connectivity index (χ0v) is 12.0. The highest BCUT2D eigenvalue weighted by Gasteiger charge is 2.19. The van der Waals surface area contributed by atoms with Crippen LogP contribution in [-0.2, 0) is 22.4 Å². The number of carbonyl (C=O) groups is 2. The third-order valence-corrected chi connectivity index (χ3v) is 4.31. The topological polar surface area (TPSA) is 55.4 Å². The first-order valence-corrected chi connectivity index (χ1v) is 7.63. The predicted molar refractivity (Wildman–Crippen MR) is 74.5 cm³/mol. The van der Waals surface area contributed by atoms with E-state index in [1.807, 2.05) is 5.38 Å². The average molecular weight is 281 g/mol. The molecule has 5 heteroatoms. The van der Waals surface area contributed by atoms with Crippen LogP contribution in [0, 0.1) is 0 Å². The second-order valence-corrected chi connectivity index (χ2v) is 5.53. The molecule has 1 aromatic rings. The molecule has 0 saturated heterocycles. The van der Waals surface area contributed by atoms with Gasteiger partial charge in [-0.1, -0.05) is 0 Å². The lowest BCUT2D eigenvalue weighted by Gasteiger charge is -2.12. The minimum Gasteiger partial charge on any atom is -0.466 e. The Morgan fingerprint density at radius 1 is 1.37 bits per heavy atom. The number of fused-ring (bicyclic) bond motifs is 1. The fraction of sp³-hybridized carbons (Fsp3) is 0.571. The molecule has 0 fully saturated rings. The molecule has 1 N–H and O–H groups in total. The summed E-state index contributed by atoms with van der Waals surface area (Å²) in [6.07, 6.45) is 4.70. The molecule has 1 amide bonds. The fourth-order valence-electron chi connectivity index (χ4n) is 2.29. The number of esters is 1. The van der Waals surface area contributed by atoms with E-state index in [0.717, 1.165) is 24.8 Å². The van der Waals surface area contributed by atoms with E-state index in [4.69, 9.17) is 4.74 Å². The van der Waals surface area contributed by atoms with Gasteiger partial charge in [-0.05, 0) is 38.2 Å². The predicted octanol–water partition coefficient (Wildman–Crippen LogP) is 2.31. The lowest BCUT2D eigenvalue weighted by atomic mass is 9.96. The summed E-state index contributed by atoms with van der Waals surface area (Å²) in [5, 5.41) is 4.73. The highest BCUT2D eigenvalue weighted by Crippen LogP contribution is 2.30. The second-order valence-electron chi connectivity index (χ2n) is 4.57. The number of rotatable bonds is 5. The van der Waals surface area contributed by atoms with E-state index in [-0.39, 0.29) is 18.3 Å². The first-order chi connectivity index (χ1) is 9.22. The molecule has 0 aromatic carbocycles. The second kappa shape index (κ2) is 6.70. The van der Waals surface area contributed by atoms with Crippen molar-refractivity contribution in [3.63, 3.8) is 0 Å². The Morgan fingerprint density at radius 2 is 2.16 bits per heavy atom. The number of hydrogen-bond acceptors (Lipinski definition) is 4. The normalized spacial score (nSPS) is 13.7. The minimum absolute atomic E-state index is 0.0660. The smallest absolute Gasteiger partial charge is 0.307 e. The summed E-state index contributed by atoms with van der Waals surface area (Å²) >= 11 is 1.68. The Hall–Kier alpha value is -1.36. The molecule has 0 saturated carbocycles. The molecular formula is C14H19NO3S. The molecule has 1 aliphatic rings. The Kier molecular flexibility index (Phi) is 4.96. The minimum atomic E-state index is -0.268. The van der Waals surface area contributed by atoms with Crippen LogP contribution in [0.25, 0.3) is 0 Å². The Morgan fingerprint density at radius 3 is 2.95 bits per heavy atom. The third kappa shape index (κ3) is 3.56. The summed E-state index contributed by atoms with van der Waals surface area (Å²) in [6.45, 7) is 2.49. The van der Waals surface area contributed by atoms with Crippen molar-refractivity contribution in [3.05, 3.63) is 21.4 Å². The highest BCUT2D eigenvalue weighted by atomic mass is 32.1. The number of aryl methyl sites for hydroxylation is 1. The van der Waals surface area contributed by atoms with Crippen LogP contribution in [-0.4, -0.2) is 25.0 Å². The van der Waals surface area contributed by atoms with Gasteiger partial charge in [-0.3, -0.25) is 9.59 Å². The lowest BCUT2D eigenvalue weighted by molar-refractivity contribution is -0.142. The van der Waals surface area contributed by atoms with Crippen molar-refractivity contribution in [2.24, 2.45) is 0 Å². The number of thiophene rings is 1. The van der Waals surface area contributed by atoms with Crippen molar-refractivity contribution in [2.45, 2.75) is 39.0 Å². The molecule has 1 aliphatic carbocycles. The number of hydrogen-bond donors (Lipinski definition) is 1. The number of amides is 1. The summed E-state index contributed by atoms with van der Waals surface area (Å²) in [4.78, 5) is 24.6. The molecule has 19 heavy (non-hydrogen) atoms. The van der Waals surface area contributed by atoms with Crippen molar-refractivity contribution in [1.29, 1.82) is 0 Å². The zero-order chi connectivity index (χ0) is 13.7. The summed E-state index contributed by atoms with van der Waals surface area (Å²) in [7, 11) is 0. The zero-order valence-electron chi connectivity index (χ0n) is 11.2. The van der Waals surface area contributed by atoms with Gasteiger partial charge in [-0.25, -0.2) is 0 Å². The van der Waals surface area contributed by atoms with E-state index in [0.29, 0.717) is 13.2 Å². The van der Waals surface area contributed by atoms with Crippen LogP contribution in [0.5, 0.6) is 0 Å². The first kappa shape index (κ1) is 14.1. The van der Waals surface area contributed by atoms with Crippen LogP contribution in [0.3, 0.4) is 0 Å². The molecule has 4 nitrogen and oxygen atoms in total. The molecule has 0 atom stereocenters. The maximum absolute atomic E-state index is 12.1. The molecule has 1 heterocycles. The van der Waals surface area contributed by atoms with Crippen LogP contribution in [0.1, 0.15) is 47.0 Å². The van der Waals surface area contributed by atoms with E-state index < -0.39 is 0 Å². The van der Waals surface area contributed by atoms with Gasteiger partial charge < -0.3 is 10.1 Å². The molecule has 0 radical (unpaired) electrons. The van der Waals surface area contributed by atoms with Crippen molar-refractivity contribution in [3.8, 4) is 0 Å². The van der Waals surface area contributed by atoms with Gasteiger partial charge in [0.25, 0.3) is 5.91 Å². The van der Waals surface area contributed by atoms with E-state index in [2.05, 4.69) is 5.32 Å². The highest BCUT2D eigenvalue weighted by molar-refractivity contribution is 7.10. The maximum atomic E-state index is 12.1. The average Bonchev–Trinajstić information content (AvgIpc) is 2.82. The standard InChI is InChI=1S/C14H19NO3S/c1-2-18-13(16)7-8-15-14(17)11-9-19-12-6-4-3-5-10(11)12/h9H,2-8H2,1H3,(H,15,17). The van der Waals surface area contributed by atoms with Crippen LogP contribution in [0.4, 0.5) is 0 Å². The molecule has 104 valence electrons. The van der Waals surface area contributed by atoms with Crippen molar-refractivity contribution in [1.82, 2.24) is 5.32 Å². The molecule has 1 aromatic heterocycles. The van der Waals surface area contributed by atoms with Gasteiger partial charge in [0.05, 0.1) is 18.6 Å². The number of nitrogens with one attached hydrogen (secondary N) is 1. The van der Waals surface area contributed by atoms with E-state index >= 15 is 0 Å². The molecule has 0 aliphatic heterocycles. The molecule has 0 spiro atoms. The first-order valence-electron chi connectivity index (χ1n) is 6.75. The summed E-state index contributed by atoms with van der Waals surface area (Å²) < 4.78 is 4.82. The van der Waals surface area contributed by atoms with E-state index in [1.165, 1.54) is 16.9 Å². The monoisotopic (exact) mass is 281 g/mol. The molecular weight excluding hydrogens is 262 g/mol. The molecule has 2 rings (SSSR count). The van der Waals surface area contributed by atoms with Crippen molar-refractivity contribution in [2.75, 3.05) is 13.2 Å². The van der Waals surface area contributed by atoms with Crippen molar-refractivity contribution < 1.29 is 14.3 Å². The quantitative estimate of drug-likeness (QED) is 0.843. The number of ether oxygens (including phenoxy) is 1. The van der Waals surface area contributed by atoms with Gasteiger partial charge in [0.2, 0.25) is 0 Å². The van der Waals surface area contributed by atoms with Gasteiger partial charge in [0, 0.05) is 16.8 Å². The maximum Gasteiger partial charge on any atom is 0.307 e. The van der Waals surface area contributed by atoms with E-state index in [9.17, 15) is 9.59 Å². The Labute approximate surface area is 117 Å². The van der Waals surface area contributed by atoms with Gasteiger partial charge in [0.15, 0.2) is 0 Å². The van der Waals surface area contributed by atoms with Crippen LogP contribution < -0.4 is 5.32 Å². The number of carbonyl (C=O) groups excluding carboxylic acids is 2. The molecule has 0 bridgehead atoms. The largest absolute Gasteiger partial charge is 0.466 e. The van der Waals surface area contributed by atoms with Crippen LogP contribution in [0.2, 0.25) is 0 Å². The van der Waals surface area contributed by atoms with Gasteiger partial charge in [-0.15, -0.1) is 11.3 Å². The van der Waals surface area contributed by atoms with Gasteiger partial charge in [0.1, 0.15) is 0 Å². The molecule has 0 unspecified atom stereocenters. The SMILES string of the molecule is CCOC(=O)CCNC(=O)c1csc2c1CCCC2. The fourth-order valence-corrected chi connectivity index (χ4v) is 3.42. The Balaban J connectivity index is 1.86. The third-order valence-electron chi connectivity index (χ3n) is 3.23. The summed E-state index contributed by atoms with van der Waals surface area (Å²) in [5.74, 6) is -0.334. The van der Waals surface area contributed by atoms with Crippen LogP contribution in [0.15, 0.2) is 5.38 Å². The van der Waals surface area contributed by atoms with Crippen molar-refractivity contribution >= 4 is 23.2 Å². The van der Waals surface area contributed by atoms with Gasteiger partial charge >= 0.3 is 5.97 Å².